The molecule has 4 heterocycles. The maximum absolute atomic E-state index is 11.9. The van der Waals surface area contributed by atoms with Crippen LogP contribution in [0.1, 0.15) is 65.7 Å². The van der Waals surface area contributed by atoms with E-state index in [-0.39, 0.29) is 6.23 Å². The van der Waals surface area contributed by atoms with Crippen molar-refractivity contribution < 1.29 is 14.6 Å². The average Bonchev–Trinajstić information content (AvgIpc) is 2.90. The Labute approximate surface area is 140 Å². The Kier molecular flexibility index (Phi) is 4.07. The number of nitrogens with zero attached hydrogens (tertiary/aromatic N) is 1. The predicted molar refractivity (Wildman–Crippen MR) is 90.3 cm³/mol. The molecule has 0 spiro atoms. The summed E-state index contributed by atoms with van der Waals surface area (Å²) < 4.78 is 5.74. The molecule has 0 saturated carbocycles. The van der Waals surface area contributed by atoms with Crippen LogP contribution in [-0.2, 0) is 11.3 Å². The number of anilines is 1. The van der Waals surface area contributed by atoms with E-state index in [1.807, 2.05) is 0 Å². The minimum Gasteiger partial charge on any atom is -0.478 e. The fourth-order valence-electron chi connectivity index (χ4n) is 4.17. The van der Waals surface area contributed by atoms with E-state index < -0.39 is 5.97 Å². The monoisotopic (exact) mass is 336 g/mol. The molecule has 0 radical (unpaired) electrons. The van der Waals surface area contributed by atoms with Gasteiger partial charge in [0.15, 0.2) is 0 Å². The lowest BCUT2D eigenvalue weighted by Crippen LogP contribution is -2.43. The van der Waals surface area contributed by atoms with Crippen LogP contribution in [0.3, 0.4) is 0 Å². The van der Waals surface area contributed by atoms with Gasteiger partial charge in [0, 0.05) is 30.6 Å². The number of ether oxygens (including phenoxy) is 1. The number of piperidine rings is 1. The smallest absolute Gasteiger partial charge is 0.339 e. The number of carboxylic acid groups (broad SMARTS) is 1. The van der Waals surface area contributed by atoms with Crippen LogP contribution in [0.4, 0.5) is 5.00 Å². The first kappa shape index (κ1) is 15.4. The molecule has 4 atom stereocenters. The largest absolute Gasteiger partial charge is 0.478 e. The maximum Gasteiger partial charge on any atom is 0.339 e. The molecule has 2 N–H and O–H groups in total. The second-order valence-electron chi connectivity index (χ2n) is 7.00. The quantitative estimate of drug-likeness (QED) is 0.885. The summed E-state index contributed by atoms with van der Waals surface area (Å²) in [6.07, 6.45) is 5.40. The number of carboxylic acids is 1. The van der Waals surface area contributed by atoms with Gasteiger partial charge in [0.05, 0.1) is 5.56 Å². The molecule has 0 amide bonds. The van der Waals surface area contributed by atoms with Gasteiger partial charge in [0.1, 0.15) is 11.2 Å². The van der Waals surface area contributed by atoms with Crippen LogP contribution in [0.5, 0.6) is 0 Å². The van der Waals surface area contributed by atoms with Crippen molar-refractivity contribution in [2.24, 2.45) is 0 Å². The summed E-state index contributed by atoms with van der Waals surface area (Å²) >= 11 is 1.63. The van der Waals surface area contributed by atoms with E-state index in [9.17, 15) is 9.90 Å². The van der Waals surface area contributed by atoms with Crippen LogP contribution < -0.4 is 5.32 Å². The molecule has 6 heteroatoms. The fraction of sp³-hybridized carbons (Fsp3) is 0.706. The van der Waals surface area contributed by atoms with Crippen molar-refractivity contribution in [1.29, 1.82) is 0 Å². The molecular weight excluding hydrogens is 312 g/mol. The third-order valence-electron chi connectivity index (χ3n) is 5.47. The third kappa shape index (κ3) is 2.77. The van der Waals surface area contributed by atoms with Crippen molar-refractivity contribution in [3.63, 3.8) is 0 Å². The number of nitrogens with one attached hydrogen (secondary N) is 1. The molecule has 0 aliphatic carbocycles. The van der Waals surface area contributed by atoms with Crippen molar-refractivity contribution in [2.75, 3.05) is 18.5 Å². The summed E-state index contributed by atoms with van der Waals surface area (Å²) in [4.78, 5) is 15.7. The number of fused-ring (bicyclic) bond motifs is 4. The van der Waals surface area contributed by atoms with E-state index in [1.165, 1.54) is 4.88 Å². The summed E-state index contributed by atoms with van der Waals surface area (Å²) in [5, 5.41) is 14.0. The van der Waals surface area contributed by atoms with E-state index >= 15 is 0 Å². The summed E-state index contributed by atoms with van der Waals surface area (Å²) in [6, 6.07) is 0.605. The van der Waals surface area contributed by atoms with E-state index in [4.69, 9.17) is 4.74 Å². The Morgan fingerprint density at radius 2 is 2.22 bits per heavy atom. The Hall–Kier alpha value is -1.11. The van der Waals surface area contributed by atoms with Crippen molar-refractivity contribution in [1.82, 2.24) is 4.90 Å². The van der Waals surface area contributed by atoms with E-state index in [0.717, 1.165) is 62.4 Å². The first-order valence-corrected chi connectivity index (χ1v) is 9.46. The summed E-state index contributed by atoms with van der Waals surface area (Å²) in [7, 11) is 0. The molecule has 126 valence electrons. The van der Waals surface area contributed by atoms with Crippen LogP contribution in [0.15, 0.2) is 0 Å². The summed E-state index contributed by atoms with van der Waals surface area (Å²) in [5.41, 5.74) is 1.61. The second-order valence-corrected chi connectivity index (χ2v) is 8.11. The van der Waals surface area contributed by atoms with Gasteiger partial charge in [0.2, 0.25) is 0 Å². The highest BCUT2D eigenvalue weighted by Crippen LogP contribution is 2.46. The highest BCUT2D eigenvalue weighted by atomic mass is 32.1. The first-order valence-electron chi connectivity index (χ1n) is 8.64. The topological polar surface area (TPSA) is 61.8 Å². The summed E-state index contributed by atoms with van der Waals surface area (Å²) in [6.45, 7) is 4.94. The lowest BCUT2D eigenvalue weighted by atomic mass is 9.82. The molecule has 1 aromatic heterocycles. The number of aromatic carboxylic acids is 1. The van der Waals surface area contributed by atoms with Gasteiger partial charge in [-0.25, -0.2) is 4.79 Å². The Bertz CT molecular complexity index is 609. The number of carbonyl (C=O) groups is 1. The minimum atomic E-state index is -0.798. The normalized spacial score (nSPS) is 33.1. The Morgan fingerprint density at radius 3 is 2.96 bits per heavy atom. The molecule has 23 heavy (non-hydrogen) atoms. The van der Waals surface area contributed by atoms with Crippen LogP contribution in [0.25, 0.3) is 0 Å². The van der Waals surface area contributed by atoms with Gasteiger partial charge in [-0.15, -0.1) is 11.3 Å². The van der Waals surface area contributed by atoms with Gasteiger partial charge in [-0.3, -0.25) is 4.90 Å². The molecule has 0 aromatic carbocycles. The zero-order chi connectivity index (χ0) is 16.0. The number of hydrogen-bond acceptors (Lipinski definition) is 5. The Morgan fingerprint density at radius 1 is 1.35 bits per heavy atom. The van der Waals surface area contributed by atoms with Crippen LogP contribution in [0, 0.1) is 0 Å². The molecule has 2 fully saturated rings. The van der Waals surface area contributed by atoms with E-state index in [1.54, 1.807) is 11.3 Å². The molecule has 4 unspecified atom stereocenters. The zero-order valence-electron chi connectivity index (χ0n) is 13.5. The van der Waals surface area contributed by atoms with E-state index in [2.05, 4.69) is 17.1 Å². The molecule has 5 nitrogen and oxygen atoms in total. The number of rotatable bonds is 3. The molecule has 3 aliphatic rings. The van der Waals surface area contributed by atoms with Crippen molar-refractivity contribution in [3.8, 4) is 0 Å². The SMILES string of the molecule is CC1CCC2CN1Cc1sc(NC3CCCCO3)c(C(=O)O)c12. The molecule has 4 rings (SSSR count). The van der Waals surface area contributed by atoms with Gasteiger partial charge < -0.3 is 15.2 Å². The van der Waals surface area contributed by atoms with Crippen LogP contribution >= 0.6 is 11.3 Å². The summed E-state index contributed by atoms with van der Waals surface area (Å²) in [5.74, 6) is -0.423. The van der Waals surface area contributed by atoms with Gasteiger partial charge >= 0.3 is 5.97 Å². The molecular formula is C17H24N2O3S. The number of thiophene rings is 1. The fourth-order valence-corrected chi connectivity index (χ4v) is 5.52. The third-order valence-corrected chi connectivity index (χ3v) is 6.60. The lowest BCUT2D eigenvalue weighted by molar-refractivity contribution is 0.0344. The average molecular weight is 336 g/mol. The highest BCUT2D eigenvalue weighted by Gasteiger charge is 2.38. The molecule has 1 aromatic rings. The minimum absolute atomic E-state index is 0.0412. The zero-order valence-corrected chi connectivity index (χ0v) is 14.3. The van der Waals surface area contributed by atoms with Gasteiger partial charge in [-0.05, 0) is 50.5 Å². The lowest BCUT2D eigenvalue weighted by Gasteiger charge is -2.42. The van der Waals surface area contributed by atoms with Gasteiger partial charge in [-0.2, -0.15) is 0 Å². The van der Waals surface area contributed by atoms with Gasteiger partial charge in [-0.1, -0.05) is 0 Å². The van der Waals surface area contributed by atoms with Crippen molar-refractivity contribution in [3.05, 3.63) is 16.0 Å². The predicted octanol–water partition coefficient (Wildman–Crippen LogP) is 3.47. The van der Waals surface area contributed by atoms with Crippen molar-refractivity contribution >= 4 is 22.3 Å². The first-order chi connectivity index (χ1) is 11.1. The van der Waals surface area contributed by atoms with Crippen LogP contribution in [0.2, 0.25) is 0 Å². The maximum atomic E-state index is 11.9. The Balaban J connectivity index is 1.67. The molecule has 2 bridgehead atoms. The molecule has 3 aliphatic heterocycles. The second kappa shape index (κ2) is 6.07. The highest BCUT2D eigenvalue weighted by molar-refractivity contribution is 7.16. The van der Waals surface area contributed by atoms with Gasteiger partial charge in [0.25, 0.3) is 0 Å². The number of hydrogen-bond donors (Lipinski definition) is 2. The molecule has 2 saturated heterocycles. The van der Waals surface area contributed by atoms with Crippen LogP contribution in [-0.4, -0.2) is 41.4 Å². The van der Waals surface area contributed by atoms with Crippen molar-refractivity contribution in [2.45, 2.75) is 63.8 Å². The standard InChI is InChI=1S/C17H24N2O3S/c1-10-5-6-11-8-19(10)9-12-14(11)15(17(20)21)16(23-12)18-13-4-2-3-7-22-13/h10-11,13,18H,2-9H2,1H3,(H,20,21). The van der Waals surface area contributed by atoms with E-state index in [0.29, 0.717) is 17.5 Å².